The van der Waals surface area contributed by atoms with Crippen LogP contribution in [0.4, 0.5) is 5.69 Å². The SMILES string of the molecule is N#Cc1ccccc1OCC(=O)N/N=C/c1ccc([N+](=O)[O-])c(O)c1. The molecule has 0 heterocycles. The second-order valence-electron chi connectivity index (χ2n) is 4.70. The molecule has 25 heavy (non-hydrogen) atoms. The van der Waals surface area contributed by atoms with Crippen LogP contribution in [-0.2, 0) is 4.79 Å². The number of hydrogen-bond acceptors (Lipinski definition) is 7. The van der Waals surface area contributed by atoms with Crippen LogP contribution in [0.1, 0.15) is 11.1 Å². The average molecular weight is 340 g/mol. The number of phenolic OH excluding ortho intramolecular Hbond substituents is 1. The van der Waals surface area contributed by atoms with Crippen molar-refractivity contribution in [1.29, 1.82) is 5.26 Å². The predicted octanol–water partition coefficient (Wildman–Crippen LogP) is 1.70. The quantitative estimate of drug-likeness (QED) is 0.466. The van der Waals surface area contributed by atoms with E-state index in [1.807, 2.05) is 6.07 Å². The first-order valence-corrected chi connectivity index (χ1v) is 6.92. The standard InChI is InChI=1S/C16H12N4O5/c17-8-12-3-1-2-4-15(12)25-10-16(22)19-18-9-11-5-6-13(20(23)24)14(21)7-11/h1-7,9,21H,10H2,(H,19,22)/b18-9+. The fourth-order valence-corrected chi connectivity index (χ4v) is 1.81. The number of nitrogens with zero attached hydrogens (tertiary/aromatic N) is 3. The largest absolute Gasteiger partial charge is 0.502 e. The van der Waals surface area contributed by atoms with Crippen LogP contribution in [-0.4, -0.2) is 28.8 Å². The predicted molar refractivity (Wildman–Crippen MR) is 87.1 cm³/mol. The Bertz CT molecular complexity index is 873. The molecule has 2 aromatic rings. The molecule has 0 radical (unpaired) electrons. The number of nitro groups is 1. The van der Waals surface area contributed by atoms with Gasteiger partial charge >= 0.3 is 5.69 Å². The number of amides is 1. The molecule has 0 aliphatic carbocycles. The first-order chi connectivity index (χ1) is 12.0. The number of carbonyl (C=O) groups is 1. The highest BCUT2D eigenvalue weighted by Gasteiger charge is 2.12. The van der Waals surface area contributed by atoms with Gasteiger partial charge in [0.05, 0.1) is 16.7 Å². The summed E-state index contributed by atoms with van der Waals surface area (Å²) in [6.07, 6.45) is 1.21. The van der Waals surface area contributed by atoms with Gasteiger partial charge in [-0.15, -0.1) is 0 Å². The van der Waals surface area contributed by atoms with Crippen LogP contribution in [0.2, 0.25) is 0 Å². The highest BCUT2D eigenvalue weighted by molar-refractivity contribution is 5.83. The van der Waals surface area contributed by atoms with Crippen LogP contribution < -0.4 is 10.2 Å². The molecular weight excluding hydrogens is 328 g/mol. The lowest BCUT2D eigenvalue weighted by molar-refractivity contribution is -0.385. The fraction of sp³-hybridized carbons (Fsp3) is 0.0625. The van der Waals surface area contributed by atoms with E-state index >= 15 is 0 Å². The van der Waals surface area contributed by atoms with Crippen molar-refractivity contribution in [3.05, 3.63) is 63.7 Å². The van der Waals surface area contributed by atoms with Gasteiger partial charge in [0, 0.05) is 6.07 Å². The van der Waals surface area contributed by atoms with Gasteiger partial charge in [-0.05, 0) is 29.8 Å². The summed E-state index contributed by atoms with van der Waals surface area (Å²) in [6.45, 7) is -0.346. The average Bonchev–Trinajstić information content (AvgIpc) is 2.60. The van der Waals surface area contributed by atoms with E-state index in [-0.39, 0.29) is 12.4 Å². The van der Waals surface area contributed by atoms with Crippen LogP contribution in [0.5, 0.6) is 11.5 Å². The zero-order valence-electron chi connectivity index (χ0n) is 12.7. The summed E-state index contributed by atoms with van der Waals surface area (Å²) in [5, 5.41) is 32.7. The molecule has 2 rings (SSSR count). The maximum atomic E-state index is 11.6. The summed E-state index contributed by atoms with van der Waals surface area (Å²) in [6, 6.07) is 12.1. The second kappa shape index (κ2) is 8.07. The van der Waals surface area contributed by atoms with Crippen molar-refractivity contribution in [2.45, 2.75) is 0 Å². The third-order valence-electron chi connectivity index (χ3n) is 2.97. The third kappa shape index (κ3) is 4.77. The minimum Gasteiger partial charge on any atom is -0.502 e. The number of nitrogens with one attached hydrogen (secondary N) is 1. The van der Waals surface area contributed by atoms with Crippen molar-refractivity contribution in [2.75, 3.05) is 6.61 Å². The van der Waals surface area contributed by atoms with Gasteiger partial charge in [-0.25, -0.2) is 5.43 Å². The van der Waals surface area contributed by atoms with Gasteiger partial charge < -0.3 is 9.84 Å². The Morgan fingerprint density at radius 1 is 1.40 bits per heavy atom. The van der Waals surface area contributed by atoms with Crippen LogP contribution in [0.15, 0.2) is 47.6 Å². The van der Waals surface area contributed by atoms with Crippen molar-refractivity contribution in [3.63, 3.8) is 0 Å². The molecule has 0 spiro atoms. The number of hydrazone groups is 1. The normalized spacial score (nSPS) is 10.2. The molecule has 126 valence electrons. The number of nitro benzene ring substituents is 1. The lowest BCUT2D eigenvalue weighted by Crippen LogP contribution is -2.24. The van der Waals surface area contributed by atoms with Gasteiger partial charge in [-0.1, -0.05) is 12.1 Å². The molecule has 0 fully saturated rings. The Balaban J connectivity index is 1.89. The van der Waals surface area contributed by atoms with Gasteiger partial charge in [-0.2, -0.15) is 10.4 Å². The van der Waals surface area contributed by atoms with E-state index in [1.165, 1.54) is 12.3 Å². The van der Waals surface area contributed by atoms with Crippen LogP contribution in [0.25, 0.3) is 0 Å². The van der Waals surface area contributed by atoms with Crippen LogP contribution >= 0.6 is 0 Å². The molecule has 1 amide bonds. The summed E-state index contributed by atoms with van der Waals surface area (Å²) in [4.78, 5) is 21.5. The highest BCUT2D eigenvalue weighted by Crippen LogP contribution is 2.25. The molecule has 0 aliphatic rings. The van der Waals surface area contributed by atoms with Gasteiger partial charge in [0.1, 0.15) is 11.8 Å². The van der Waals surface area contributed by atoms with Gasteiger partial charge in [0.15, 0.2) is 12.4 Å². The third-order valence-corrected chi connectivity index (χ3v) is 2.97. The van der Waals surface area contributed by atoms with Crippen molar-refractivity contribution in [3.8, 4) is 17.6 Å². The van der Waals surface area contributed by atoms with E-state index < -0.39 is 22.3 Å². The number of benzene rings is 2. The molecule has 9 heteroatoms. The highest BCUT2D eigenvalue weighted by atomic mass is 16.6. The number of para-hydroxylation sites is 1. The summed E-state index contributed by atoms with van der Waals surface area (Å²) in [7, 11) is 0. The number of phenols is 1. The van der Waals surface area contributed by atoms with Crippen molar-refractivity contribution in [2.24, 2.45) is 5.10 Å². The number of nitriles is 1. The number of ether oxygens (including phenoxy) is 1. The van der Waals surface area contributed by atoms with Crippen molar-refractivity contribution >= 4 is 17.8 Å². The Kier molecular flexibility index (Phi) is 5.63. The smallest absolute Gasteiger partial charge is 0.310 e. The van der Waals surface area contributed by atoms with Gasteiger partial charge in [0.2, 0.25) is 0 Å². The van der Waals surface area contributed by atoms with E-state index in [9.17, 15) is 20.0 Å². The van der Waals surface area contributed by atoms with Crippen LogP contribution in [0, 0.1) is 21.4 Å². The second-order valence-corrected chi connectivity index (χ2v) is 4.70. The Hall–Kier alpha value is -3.93. The van der Waals surface area contributed by atoms with E-state index in [0.29, 0.717) is 11.1 Å². The summed E-state index contributed by atoms with van der Waals surface area (Å²) in [5.41, 5.74) is 2.44. The molecule has 0 atom stereocenters. The molecule has 0 aromatic heterocycles. The van der Waals surface area contributed by atoms with Crippen LogP contribution in [0.3, 0.4) is 0 Å². The number of carbonyl (C=O) groups excluding carboxylic acids is 1. The Labute approximate surface area is 141 Å². The van der Waals surface area contributed by atoms with Gasteiger partial charge in [-0.3, -0.25) is 14.9 Å². The molecule has 9 nitrogen and oxygen atoms in total. The fourth-order valence-electron chi connectivity index (χ4n) is 1.81. The molecule has 2 N–H and O–H groups in total. The van der Waals surface area contributed by atoms with E-state index in [1.54, 1.807) is 24.3 Å². The molecule has 0 aliphatic heterocycles. The minimum atomic E-state index is -0.714. The lowest BCUT2D eigenvalue weighted by Gasteiger charge is -2.06. The molecule has 0 unspecified atom stereocenters. The zero-order valence-corrected chi connectivity index (χ0v) is 12.7. The van der Waals surface area contributed by atoms with Crippen molar-refractivity contribution in [1.82, 2.24) is 5.43 Å². The molecular formula is C16H12N4O5. The Morgan fingerprint density at radius 3 is 2.84 bits per heavy atom. The topological polar surface area (TPSA) is 138 Å². The van der Waals surface area contributed by atoms with E-state index in [4.69, 9.17) is 10.00 Å². The first kappa shape index (κ1) is 17.4. The van der Waals surface area contributed by atoms with Gasteiger partial charge in [0.25, 0.3) is 5.91 Å². The molecule has 0 saturated heterocycles. The molecule has 2 aromatic carbocycles. The number of aromatic hydroxyl groups is 1. The van der Waals surface area contributed by atoms with Crippen molar-refractivity contribution < 1.29 is 19.6 Å². The lowest BCUT2D eigenvalue weighted by atomic mass is 10.2. The van der Waals surface area contributed by atoms with E-state index in [0.717, 1.165) is 12.1 Å². The molecule has 0 bridgehead atoms. The Morgan fingerprint density at radius 2 is 2.16 bits per heavy atom. The number of hydrogen-bond donors (Lipinski definition) is 2. The summed E-state index contributed by atoms with van der Waals surface area (Å²) >= 11 is 0. The zero-order chi connectivity index (χ0) is 18.2. The maximum absolute atomic E-state index is 11.6. The summed E-state index contributed by atoms with van der Waals surface area (Å²) in [5.74, 6) is -0.781. The number of rotatable bonds is 6. The molecule has 0 saturated carbocycles. The van der Waals surface area contributed by atoms with E-state index in [2.05, 4.69) is 10.5 Å². The maximum Gasteiger partial charge on any atom is 0.310 e. The monoisotopic (exact) mass is 340 g/mol. The first-order valence-electron chi connectivity index (χ1n) is 6.92. The summed E-state index contributed by atoms with van der Waals surface area (Å²) < 4.78 is 5.23. The minimum absolute atomic E-state index is 0.282.